The van der Waals surface area contributed by atoms with E-state index in [0.29, 0.717) is 30.1 Å². The maximum Gasteiger partial charge on any atom is 0.353 e. The first-order chi connectivity index (χ1) is 19.4. The monoisotopic (exact) mass is 591 g/mol. The van der Waals surface area contributed by atoms with Crippen LogP contribution in [0.25, 0.3) is 11.2 Å². The molecule has 3 aromatic heterocycles. The van der Waals surface area contributed by atoms with Crippen LogP contribution in [0, 0.1) is 11.8 Å². The third kappa shape index (κ3) is 12.5. The normalized spacial score (nSPS) is 13.7. The summed E-state index contributed by atoms with van der Waals surface area (Å²) in [6.45, 7) is 3.15. The molecule has 10 nitrogen and oxygen atoms in total. The predicted molar refractivity (Wildman–Crippen MR) is 159 cm³/mol. The number of imidazole rings is 1. The Morgan fingerprint density at radius 3 is 2.55 bits per heavy atom. The molecule has 0 aromatic carbocycles. The molecule has 0 aliphatic heterocycles. The number of hydrogen-bond donors (Lipinski definition) is 2. The molecule has 0 aliphatic rings. The van der Waals surface area contributed by atoms with Gasteiger partial charge in [0.25, 0.3) is 0 Å². The molecule has 220 valence electrons. The topological polar surface area (TPSA) is 135 Å². The predicted octanol–water partition coefficient (Wildman–Crippen LogP) is 6.00. The van der Waals surface area contributed by atoms with E-state index in [2.05, 4.69) is 38.2 Å². The number of nitrogens with two attached hydrogens (primary N) is 1. The molecule has 3 heterocycles. The van der Waals surface area contributed by atoms with Gasteiger partial charge in [-0.1, -0.05) is 62.9 Å². The Labute approximate surface area is 241 Å². The minimum Gasteiger partial charge on any atom is -0.382 e. The average molecular weight is 592 g/mol. The first-order valence-electron chi connectivity index (χ1n) is 14.0. The summed E-state index contributed by atoms with van der Waals surface area (Å²) in [5.41, 5.74) is 6.90. The fourth-order valence-corrected chi connectivity index (χ4v) is 5.59. The molecule has 0 bridgehead atoms. The highest BCUT2D eigenvalue weighted by atomic mass is 32.1. The van der Waals surface area contributed by atoms with Crippen molar-refractivity contribution in [3.8, 4) is 11.8 Å². The van der Waals surface area contributed by atoms with Gasteiger partial charge in [-0.3, -0.25) is 4.57 Å². The van der Waals surface area contributed by atoms with Crippen molar-refractivity contribution in [2.75, 3.05) is 31.9 Å². The standard InChI is InChI=1S/C28H42N5O5PS/c1-24(20-33-22-32-26-27(29)30-21-31-28(26)33)37-23-39(34,35)38-18-17-36-16-12-10-8-6-4-2-3-5-7-9-11-14-25-15-13-19-40-25/h13,15,19,21-22,24H,2-10,12,16-18,20,23H2,1H3,(H,34,35)(H2,29,30,31)/t24-/m1/s1. The number of rotatable bonds is 20. The first kappa shape index (κ1) is 32.2. The fourth-order valence-electron chi connectivity index (χ4n) is 4.12. The molecule has 0 spiro atoms. The van der Waals surface area contributed by atoms with Gasteiger partial charge in [0, 0.05) is 13.0 Å². The Bertz CT molecular complexity index is 1230. The number of anilines is 1. The molecule has 0 aliphatic carbocycles. The molecule has 2 atom stereocenters. The zero-order chi connectivity index (χ0) is 28.5. The molecule has 0 fully saturated rings. The second-order valence-corrected chi connectivity index (χ2v) is 12.5. The number of hydrogen-bond acceptors (Lipinski definition) is 9. The van der Waals surface area contributed by atoms with E-state index >= 15 is 0 Å². The molecule has 1 unspecified atom stereocenters. The second-order valence-electron chi connectivity index (χ2n) is 9.73. The van der Waals surface area contributed by atoms with Gasteiger partial charge in [-0.2, -0.15) is 0 Å². The number of nitrogen functional groups attached to an aromatic ring is 1. The van der Waals surface area contributed by atoms with E-state index in [9.17, 15) is 9.46 Å². The van der Waals surface area contributed by atoms with Crippen LogP contribution in [0.3, 0.4) is 0 Å². The Hall–Kier alpha value is -2.32. The van der Waals surface area contributed by atoms with Crippen LogP contribution in [0.15, 0.2) is 30.2 Å². The van der Waals surface area contributed by atoms with Gasteiger partial charge in [0.15, 0.2) is 11.5 Å². The van der Waals surface area contributed by atoms with E-state index in [0.717, 1.165) is 24.1 Å². The van der Waals surface area contributed by atoms with Crippen LogP contribution in [-0.2, 0) is 25.1 Å². The zero-order valence-electron chi connectivity index (χ0n) is 23.4. The van der Waals surface area contributed by atoms with Crippen molar-refractivity contribution in [3.63, 3.8) is 0 Å². The van der Waals surface area contributed by atoms with E-state index in [4.69, 9.17) is 19.7 Å². The summed E-state index contributed by atoms with van der Waals surface area (Å²) >= 11 is 1.70. The van der Waals surface area contributed by atoms with Crippen molar-refractivity contribution < 1.29 is 23.5 Å². The van der Waals surface area contributed by atoms with E-state index in [-0.39, 0.29) is 19.3 Å². The Morgan fingerprint density at radius 2 is 1.80 bits per heavy atom. The molecule has 0 saturated carbocycles. The number of thiophene rings is 1. The summed E-state index contributed by atoms with van der Waals surface area (Å²) in [4.78, 5) is 23.5. The molecule has 0 amide bonds. The molecule has 3 rings (SSSR count). The Balaban J connectivity index is 1.10. The van der Waals surface area contributed by atoms with Crippen molar-refractivity contribution in [1.82, 2.24) is 19.5 Å². The third-order valence-corrected chi connectivity index (χ3v) is 8.10. The largest absolute Gasteiger partial charge is 0.382 e. The number of unbranched alkanes of at least 4 members (excludes halogenated alkanes) is 9. The minimum absolute atomic E-state index is 0.0491. The summed E-state index contributed by atoms with van der Waals surface area (Å²) < 4.78 is 30.2. The van der Waals surface area contributed by atoms with Crippen molar-refractivity contribution >= 4 is 35.9 Å². The van der Waals surface area contributed by atoms with Gasteiger partial charge >= 0.3 is 7.60 Å². The van der Waals surface area contributed by atoms with Crippen LogP contribution in [0.1, 0.15) is 76.0 Å². The molecule has 3 aromatic rings. The van der Waals surface area contributed by atoms with Gasteiger partial charge in [0.2, 0.25) is 0 Å². The lowest BCUT2D eigenvalue weighted by atomic mass is 10.1. The van der Waals surface area contributed by atoms with Gasteiger partial charge in [-0.15, -0.1) is 11.3 Å². The number of fused-ring (bicyclic) bond motifs is 1. The highest BCUT2D eigenvalue weighted by molar-refractivity contribution is 7.52. The zero-order valence-corrected chi connectivity index (χ0v) is 25.1. The van der Waals surface area contributed by atoms with E-state index in [1.54, 1.807) is 29.2 Å². The first-order valence-corrected chi connectivity index (χ1v) is 16.7. The second kappa shape index (κ2) is 18.2. The lowest BCUT2D eigenvalue weighted by molar-refractivity contribution is 0.0610. The van der Waals surface area contributed by atoms with Crippen molar-refractivity contribution in [2.45, 2.75) is 83.8 Å². The van der Waals surface area contributed by atoms with Gasteiger partial charge in [-0.05, 0) is 31.2 Å². The molecule has 40 heavy (non-hydrogen) atoms. The number of aromatic nitrogens is 4. The molecule has 0 radical (unpaired) electrons. The maximum absolute atomic E-state index is 12.3. The fraction of sp³-hybridized carbons (Fsp3) is 0.607. The summed E-state index contributed by atoms with van der Waals surface area (Å²) in [5.74, 6) is 6.78. The average Bonchev–Trinajstić information content (AvgIpc) is 3.60. The summed E-state index contributed by atoms with van der Waals surface area (Å²) in [6, 6.07) is 4.10. The Morgan fingerprint density at radius 1 is 1.05 bits per heavy atom. The quantitative estimate of drug-likeness (QED) is 0.0921. The van der Waals surface area contributed by atoms with Crippen LogP contribution in [0.2, 0.25) is 0 Å². The van der Waals surface area contributed by atoms with Gasteiger partial charge in [0.05, 0.1) is 37.1 Å². The van der Waals surface area contributed by atoms with Gasteiger partial charge < -0.3 is 29.2 Å². The number of ether oxygens (including phenoxy) is 2. The third-order valence-electron chi connectivity index (χ3n) is 6.25. The Kier molecular flexibility index (Phi) is 14.6. The van der Waals surface area contributed by atoms with Crippen LogP contribution >= 0.6 is 18.9 Å². The molecular formula is C28H42N5O5PS. The van der Waals surface area contributed by atoms with Crippen LogP contribution in [0.5, 0.6) is 0 Å². The lowest BCUT2D eigenvalue weighted by Gasteiger charge is -2.17. The van der Waals surface area contributed by atoms with Gasteiger partial charge in [0.1, 0.15) is 18.2 Å². The lowest BCUT2D eigenvalue weighted by Crippen LogP contribution is -2.18. The molecular weight excluding hydrogens is 549 g/mol. The van der Waals surface area contributed by atoms with Crippen molar-refractivity contribution in [1.29, 1.82) is 0 Å². The van der Waals surface area contributed by atoms with Crippen molar-refractivity contribution in [2.24, 2.45) is 0 Å². The highest BCUT2D eigenvalue weighted by Crippen LogP contribution is 2.41. The van der Waals surface area contributed by atoms with Crippen LogP contribution in [0.4, 0.5) is 5.82 Å². The van der Waals surface area contributed by atoms with Crippen LogP contribution in [-0.4, -0.2) is 56.7 Å². The maximum atomic E-state index is 12.3. The van der Waals surface area contributed by atoms with E-state index < -0.39 is 13.9 Å². The minimum atomic E-state index is -3.87. The van der Waals surface area contributed by atoms with Crippen molar-refractivity contribution in [3.05, 3.63) is 35.0 Å². The summed E-state index contributed by atoms with van der Waals surface area (Å²) in [6.07, 6.45) is 14.1. The van der Waals surface area contributed by atoms with Gasteiger partial charge in [-0.25, -0.2) is 15.0 Å². The molecule has 3 N–H and O–H groups in total. The van der Waals surface area contributed by atoms with E-state index in [1.807, 2.05) is 6.07 Å². The smallest absolute Gasteiger partial charge is 0.353 e. The van der Waals surface area contributed by atoms with Crippen LogP contribution < -0.4 is 5.73 Å². The highest BCUT2D eigenvalue weighted by Gasteiger charge is 2.21. The SMILES string of the molecule is C[C@H](Cn1cnc2c(N)ncnc21)OCP(=O)(O)OCCOCCCCCCCCCCCC#Cc1cccs1. The molecule has 0 saturated heterocycles. The molecule has 12 heteroatoms. The number of nitrogens with zero attached hydrogens (tertiary/aromatic N) is 4. The summed E-state index contributed by atoms with van der Waals surface area (Å²) in [7, 11) is -3.87. The van der Waals surface area contributed by atoms with E-state index in [1.165, 1.54) is 51.3 Å². The summed E-state index contributed by atoms with van der Waals surface area (Å²) in [5, 5.41) is 2.06.